The summed E-state index contributed by atoms with van der Waals surface area (Å²) in [6.07, 6.45) is 0. The highest BCUT2D eigenvalue weighted by Crippen LogP contribution is 2.35. The molecule has 2 aromatic rings. The van der Waals surface area contributed by atoms with Crippen LogP contribution in [-0.2, 0) is 11.2 Å². The van der Waals surface area contributed by atoms with Gasteiger partial charge in [-0.1, -0.05) is 56.1 Å². The molecule has 0 aromatic heterocycles. The summed E-state index contributed by atoms with van der Waals surface area (Å²) in [4.78, 5) is 0. The minimum Gasteiger partial charge on any atom is -0.386 e. The van der Waals surface area contributed by atoms with Crippen LogP contribution < -0.4 is 0 Å². The van der Waals surface area contributed by atoms with Crippen molar-refractivity contribution in [3.05, 3.63) is 56.5 Å². The van der Waals surface area contributed by atoms with Gasteiger partial charge in [-0.05, 0) is 62.1 Å². The molecule has 2 rings (SSSR count). The molecule has 118 valence electrons. The van der Waals surface area contributed by atoms with Crippen LogP contribution in [0.3, 0.4) is 0 Å². The lowest BCUT2D eigenvalue weighted by Crippen LogP contribution is -2.16. The van der Waals surface area contributed by atoms with Crippen LogP contribution in [0.1, 0.15) is 38.8 Å². The smallest absolute Gasteiger partial charge is 0.0851 e. The second-order valence-corrected chi connectivity index (χ2v) is 8.22. The average Bonchev–Trinajstić information content (AvgIpc) is 2.35. The number of halogens is 2. The summed E-state index contributed by atoms with van der Waals surface area (Å²) in [6.45, 7) is 7.06. The van der Waals surface area contributed by atoms with E-state index in [9.17, 15) is 10.2 Å². The fraction of sp³-hybridized carbons (Fsp3) is 0.333. The quantitative estimate of drug-likeness (QED) is 0.694. The summed E-state index contributed by atoms with van der Waals surface area (Å²) < 4.78 is 1.75. The highest BCUT2D eigenvalue weighted by molar-refractivity contribution is 9.10. The Hall–Kier alpha value is -0.680. The maximum Gasteiger partial charge on any atom is 0.0851 e. The van der Waals surface area contributed by atoms with Crippen molar-refractivity contribution in [2.45, 2.75) is 38.9 Å². The third kappa shape index (κ3) is 3.80. The first-order valence-electron chi connectivity index (χ1n) is 7.05. The van der Waals surface area contributed by atoms with Gasteiger partial charge in [0.1, 0.15) is 0 Å². The maximum atomic E-state index is 10.1. The van der Waals surface area contributed by atoms with Crippen molar-refractivity contribution in [3.8, 4) is 11.1 Å². The van der Waals surface area contributed by atoms with E-state index >= 15 is 0 Å². The minimum absolute atomic E-state index is 0.850. The van der Waals surface area contributed by atoms with Gasteiger partial charge < -0.3 is 10.2 Å². The van der Waals surface area contributed by atoms with Crippen LogP contribution in [0, 0.1) is 0 Å². The van der Waals surface area contributed by atoms with Crippen LogP contribution in [0.15, 0.2) is 45.3 Å². The molecule has 2 nitrogen and oxygen atoms in total. The molecule has 0 bridgehead atoms. The van der Waals surface area contributed by atoms with E-state index < -0.39 is 11.2 Å². The molecule has 0 aliphatic heterocycles. The molecule has 22 heavy (non-hydrogen) atoms. The third-order valence-corrected chi connectivity index (χ3v) is 4.90. The predicted molar refractivity (Wildman–Crippen MR) is 97.8 cm³/mol. The first-order chi connectivity index (χ1) is 10.00. The number of hydrogen-bond acceptors (Lipinski definition) is 2. The molecule has 0 radical (unpaired) electrons. The van der Waals surface area contributed by atoms with Gasteiger partial charge in [0.15, 0.2) is 0 Å². The van der Waals surface area contributed by atoms with Crippen molar-refractivity contribution >= 4 is 31.9 Å². The largest absolute Gasteiger partial charge is 0.386 e. The summed E-state index contributed by atoms with van der Waals surface area (Å²) in [7, 11) is 0. The second-order valence-electron chi connectivity index (χ2n) is 6.51. The summed E-state index contributed by atoms with van der Waals surface area (Å²) in [5.74, 6) is 0. The van der Waals surface area contributed by atoms with E-state index in [1.165, 1.54) is 0 Å². The Balaban J connectivity index is 2.46. The highest BCUT2D eigenvalue weighted by atomic mass is 79.9. The molecule has 0 amide bonds. The Kier molecular flexibility index (Phi) is 4.88. The van der Waals surface area contributed by atoms with Gasteiger partial charge in [-0.25, -0.2) is 0 Å². The Morgan fingerprint density at radius 2 is 1.00 bits per heavy atom. The average molecular weight is 428 g/mol. The monoisotopic (exact) mass is 426 g/mol. The van der Waals surface area contributed by atoms with Gasteiger partial charge in [-0.3, -0.25) is 0 Å². The van der Waals surface area contributed by atoms with E-state index in [0.717, 1.165) is 31.2 Å². The first-order valence-corrected chi connectivity index (χ1v) is 8.64. The van der Waals surface area contributed by atoms with Crippen LogP contribution in [0.25, 0.3) is 11.1 Å². The van der Waals surface area contributed by atoms with E-state index in [0.29, 0.717) is 0 Å². The number of aliphatic hydroxyl groups is 2. The number of benzene rings is 2. The SMILES string of the molecule is CC(C)(O)c1ccc(-c2ccc(C(C)(C)O)c(Br)c2)cc1Br. The topological polar surface area (TPSA) is 40.5 Å². The zero-order valence-electron chi connectivity index (χ0n) is 13.1. The molecule has 4 heteroatoms. The van der Waals surface area contributed by atoms with Crippen molar-refractivity contribution < 1.29 is 10.2 Å². The molecule has 0 atom stereocenters. The van der Waals surface area contributed by atoms with Crippen molar-refractivity contribution in [1.82, 2.24) is 0 Å². The minimum atomic E-state index is -0.886. The molecular formula is C18H20Br2O2. The summed E-state index contributed by atoms with van der Waals surface area (Å²) in [5.41, 5.74) is 2.02. The Bertz CT molecular complexity index is 634. The van der Waals surface area contributed by atoms with Gasteiger partial charge in [-0.15, -0.1) is 0 Å². The molecule has 2 aromatic carbocycles. The van der Waals surface area contributed by atoms with Crippen LogP contribution in [-0.4, -0.2) is 10.2 Å². The zero-order valence-corrected chi connectivity index (χ0v) is 16.3. The normalized spacial score (nSPS) is 12.5. The van der Waals surface area contributed by atoms with Gasteiger partial charge in [0, 0.05) is 8.95 Å². The fourth-order valence-electron chi connectivity index (χ4n) is 2.38. The van der Waals surface area contributed by atoms with Crippen LogP contribution in [0.5, 0.6) is 0 Å². The molecular weight excluding hydrogens is 408 g/mol. The molecule has 0 unspecified atom stereocenters. The number of rotatable bonds is 3. The standard InChI is InChI=1S/C18H20Br2O2/c1-17(2,21)13-7-5-11(9-15(13)19)12-6-8-14(16(20)10-12)18(3,4)22/h5-10,21-22H,1-4H3. The van der Waals surface area contributed by atoms with Gasteiger partial charge in [0.2, 0.25) is 0 Å². The van der Waals surface area contributed by atoms with Gasteiger partial charge in [0.05, 0.1) is 11.2 Å². The molecule has 0 saturated carbocycles. The van der Waals surface area contributed by atoms with Crippen LogP contribution in [0.2, 0.25) is 0 Å². The predicted octanol–water partition coefficient (Wildman–Crippen LogP) is 5.33. The summed E-state index contributed by atoms with van der Waals surface area (Å²) in [5, 5.41) is 20.3. The van der Waals surface area contributed by atoms with Crippen molar-refractivity contribution in [2.24, 2.45) is 0 Å². The Labute approximate surface area is 148 Å². The van der Waals surface area contributed by atoms with E-state index in [1.807, 2.05) is 36.4 Å². The molecule has 0 aliphatic rings. The lowest BCUT2D eigenvalue weighted by atomic mass is 9.93. The Morgan fingerprint density at radius 3 is 1.23 bits per heavy atom. The Morgan fingerprint density at radius 1 is 0.682 bits per heavy atom. The fourth-order valence-corrected chi connectivity index (χ4v) is 4.11. The second kappa shape index (κ2) is 6.08. The lowest BCUT2D eigenvalue weighted by Gasteiger charge is -2.21. The molecule has 0 aliphatic carbocycles. The third-order valence-electron chi connectivity index (χ3n) is 3.59. The van der Waals surface area contributed by atoms with Gasteiger partial charge in [0.25, 0.3) is 0 Å². The summed E-state index contributed by atoms with van der Waals surface area (Å²) >= 11 is 7.07. The lowest BCUT2D eigenvalue weighted by molar-refractivity contribution is 0.0772. The highest BCUT2D eigenvalue weighted by Gasteiger charge is 2.21. The zero-order chi connectivity index (χ0) is 16.7. The van der Waals surface area contributed by atoms with Gasteiger partial charge in [-0.2, -0.15) is 0 Å². The van der Waals surface area contributed by atoms with Crippen molar-refractivity contribution in [1.29, 1.82) is 0 Å². The van der Waals surface area contributed by atoms with Crippen molar-refractivity contribution in [2.75, 3.05) is 0 Å². The first kappa shape index (κ1) is 17.7. The molecule has 0 heterocycles. The molecule has 0 spiro atoms. The molecule has 2 N–H and O–H groups in total. The maximum absolute atomic E-state index is 10.1. The van der Waals surface area contributed by atoms with Crippen LogP contribution >= 0.6 is 31.9 Å². The molecule has 0 fully saturated rings. The summed E-state index contributed by atoms with van der Waals surface area (Å²) in [6, 6.07) is 11.8. The van der Waals surface area contributed by atoms with E-state index in [1.54, 1.807) is 27.7 Å². The van der Waals surface area contributed by atoms with E-state index in [-0.39, 0.29) is 0 Å². The van der Waals surface area contributed by atoms with Crippen LogP contribution in [0.4, 0.5) is 0 Å². The van der Waals surface area contributed by atoms with E-state index in [4.69, 9.17) is 0 Å². The molecule has 0 saturated heterocycles. The van der Waals surface area contributed by atoms with E-state index in [2.05, 4.69) is 31.9 Å². The van der Waals surface area contributed by atoms with Gasteiger partial charge >= 0.3 is 0 Å². The van der Waals surface area contributed by atoms with Crippen molar-refractivity contribution in [3.63, 3.8) is 0 Å². The number of hydrogen-bond donors (Lipinski definition) is 2.